The lowest BCUT2D eigenvalue weighted by molar-refractivity contribution is -0.121. The summed E-state index contributed by atoms with van der Waals surface area (Å²) in [4.78, 5) is 13.4. The van der Waals surface area contributed by atoms with E-state index in [0.717, 1.165) is 18.9 Å². The van der Waals surface area contributed by atoms with Gasteiger partial charge in [-0.05, 0) is 19.4 Å². The summed E-state index contributed by atoms with van der Waals surface area (Å²) >= 11 is 4.12. The predicted octanol–water partition coefficient (Wildman–Crippen LogP) is 4.09. The Morgan fingerprint density at radius 2 is 1.52 bits per heavy atom. The molecule has 0 unspecified atom stereocenters. The molecule has 0 radical (unpaired) electrons. The number of nitrogens with zero attached hydrogens (tertiary/aromatic N) is 1. The number of carbonyl (C=O) groups excluding carboxylic acids is 1. The second-order valence-corrected chi connectivity index (χ2v) is 6.80. The maximum absolute atomic E-state index is 11.5. The van der Waals surface area contributed by atoms with Crippen LogP contribution in [0.15, 0.2) is 0 Å². The number of unbranched alkanes of at least 4 members (excludes halogenated alkanes) is 7. The molecule has 3 nitrogen and oxygen atoms in total. The third-order valence-electron chi connectivity index (χ3n) is 3.69. The van der Waals surface area contributed by atoms with Crippen LogP contribution in [0.2, 0.25) is 0 Å². The van der Waals surface area contributed by atoms with Gasteiger partial charge in [0.1, 0.15) is 0 Å². The predicted molar refractivity (Wildman–Crippen MR) is 95.9 cm³/mol. The van der Waals surface area contributed by atoms with Crippen LogP contribution in [0.3, 0.4) is 0 Å². The Labute approximate surface area is 137 Å². The minimum absolute atomic E-state index is 0.108. The zero-order chi connectivity index (χ0) is 15.9. The molecule has 0 aromatic rings. The van der Waals surface area contributed by atoms with Crippen LogP contribution in [0.5, 0.6) is 0 Å². The second-order valence-electron chi connectivity index (χ2n) is 6.52. The van der Waals surface area contributed by atoms with Gasteiger partial charge in [0.05, 0.1) is 6.54 Å². The number of amides is 1. The Hall–Kier alpha value is -0.220. The van der Waals surface area contributed by atoms with Gasteiger partial charge in [-0.15, -0.1) is 0 Å². The Bertz CT molecular complexity index is 247. The first-order valence-corrected chi connectivity index (χ1v) is 9.25. The van der Waals surface area contributed by atoms with E-state index in [9.17, 15) is 4.79 Å². The summed E-state index contributed by atoms with van der Waals surface area (Å²) in [5, 5.41) is 2.96. The number of carbonyl (C=O) groups is 1. The van der Waals surface area contributed by atoms with Crippen LogP contribution in [0, 0.1) is 5.92 Å². The maximum atomic E-state index is 11.5. The summed E-state index contributed by atoms with van der Waals surface area (Å²) < 4.78 is 0. The number of nitrogens with one attached hydrogen (secondary N) is 1. The number of hydrogen-bond acceptors (Lipinski definition) is 3. The number of likely N-dealkylation sites (N-methyl/N-ethyl adjacent to an activating group) is 1. The lowest BCUT2D eigenvalue weighted by atomic mass is 10.0. The molecule has 0 heterocycles. The van der Waals surface area contributed by atoms with E-state index in [1.54, 1.807) is 0 Å². The molecular formula is C17H36N2OS. The van der Waals surface area contributed by atoms with Crippen LogP contribution in [-0.2, 0) is 4.79 Å². The highest BCUT2D eigenvalue weighted by Gasteiger charge is 2.03. The van der Waals surface area contributed by atoms with Gasteiger partial charge < -0.3 is 5.32 Å². The molecule has 126 valence electrons. The summed E-state index contributed by atoms with van der Waals surface area (Å²) in [6, 6.07) is 0. The van der Waals surface area contributed by atoms with Gasteiger partial charge in [-0.1, -0.05) is 65.2 Å². The summed E-state index contributed by atoms with van der Waals surface area (Å²) in [6.07, 6.45) is 11.9. The molecule has 0 aromatic carbocycles. The first-order valence-electron chi connectivity index (χ1n) is 8.62. The van der Waals surface area contributed by atoms with Gasteiger partial charge in [-0.25, -0.2) is 0 Å². The third-order valence-corrected chi connectivity index (χ3v) is 4.17. The van der Waals surface area contributed by atoms with Gasteiger partial charge in [0, 0.05) is 12.4 Å². The minimum atomic E-state index is 0.108. The van der Waals surface area contributed by atoms with E-state index in [-0.39, 0.29) is 5.91 Å². The van der Waals surface area contributed by atoms with Crippen LogP contribution in [0.4, 0.5) is 0 Å². The van der Waals surface area contributed by atoms with Crippen molar-refractivity contribution in [2.75, 3.05) is 26.0 Å². The lowest BCUT2D eigenvalue weighted by Crippen LogP contribution is -2.35. The van der Waals surface area contributed by atoms with Crippen molar-refractivity contribution in [2.45, 2.75) is 71.6 Å². The smallest absolute Gasteiger partial charge is 0.234 e. The van der Waals surface area contributed by atoms with Gasteiger partial charge in [-0.2, -0.15) is 12.6 Å². The first kappa shape index (κ1) is 20.8. The highest BCUT2D eigenvalue weighted by molar-refractivity contribution is 7.80. The first-order chi connectivity index (χ1) is 10.1. The largest absolute Gasteiger partial charge is 0.355 e. The molecule has 1 N–H and O–H groups in total. The Balaban J connectivity index is 3.17. The van der Waals surface area contributed by atoms with Gasteiger partial charge in [-0.3, -0.25) is 9.69 Å². The summed E-state index contributed by atoms with van der Waals surface area (Å²) in [5.74, 6) is 1.58. The van der Waals surface area contributed by atoms with Crippen LogP contribution in [-0.4, -0.2) is 36.8 Å². The van der Waals surface area contributed by atoms with E-state index in [2.05, 4.69) is 31.8 Å². The van der Waals surface area contributed by atoms with E-state index < -0.39 is 0 Å². The van der Waals surface area contributed by atoms with Crippen molar-refractivity contribution in [3.63, 3.8) is 0 Å². The topological polar surface area (TPSA) is 32.3 Å². The van der Waals surface area contributed by atoms with Crippen molar-refractivity contribution in [3.05, 3.63) is 0 Å². The molecule has 0 fully saturated rings. The highest BCUT2D eigenvalue weighted by Crippen LogP contribution is 2.12. The summed E-state index contributed by atoms with van der Waals surface area (Å²) in [6.45, 7) is 5.86. The molecule has 0 aliphatic rings. The number of rotatable bonds is 14. The monoisotopic (exact) mass is 316 g/mol. The average Bonchev–Trinajstić information content (AvgIpc) is 2.44. The fraction of sp³-hybridized carbons (Fsp3) is 0.941. The molecule has 0 aromatic heterocycles. The molecule has 0 saturated heterocycles. The van der Waals surface area contributed by atoms with Gasteiger partial charge >= 0.3 is 0 Å². The van der Waals surface area contributed by atoms with Crippen LogP contribution >= 0.6 is 12.6 Å². The fourth-order valence-electron chi connectivity index (χ4n) is 2.32. The second kappa shape index (κ2) is 14.7. The molecule has 0 bridgehead atoms. The average molecular weight is 317 g/mol. The molecule has 0 aliphatic heterocycles. The van der Waals surface area contributed by atoms with Crippen molar-refractivity contribution in [1.82, 2.24) is 10.2 Å². The zero-order valence-corrected chi connectivity index (χ0v) is 15.3. The van der Waals surface area contributed by atoms with Gasteiger partial charge in [0.15, 0.2) is 0 Å². The Morgan fingerprint density at radius 1 is 1.00 bits per heavy atom. The third kappa shape index (κ3) is 16.0. The Kier molecular flexibility index (Phi) is 14.6. The van der Waals surface area contributed by atoms with E-state index >= 15 is 0 Å². The van der Waals surface area contributed by atoms with Crippen LogP contribution in [0.1, 0.15) is 71.6 Å². The van der Waals surface area contributed by atoms with E-state index in [1.165, 1.54) is 51.4 Å². The van der Waals surface area contributed by atoms with Crippen molar-refractivity contribution in [2.24, 2.45) is 5.92 Å². The summed E-state index contributed by atoms with van der Waals surface area (Å²) in [5.41, 5.74) is 0. The molecule has 0 aliphatic carbocycles. The van der Waals surface area contributed by atoms with Gasteiger partial charge in [0.2, 0.25) is 5.91 Å². The van der Waals surface area contributed by atoms with Gasteiger partial charge in [0.25, 0.3) is 0 Å². The van der Waals surface area contributed by atoms with Crippen molar-refractivity contribution < 1.29 is 4.79 Å². The van der Waals surface area contributed by atoms with Crippen molar-refractivity contribution in [3.8, 4) is 0 Å². The maximum Gasteiger partial charge on any atom is 0.234 e. The minimum Gasteiger partial charge on any atom is -0.355 e. The number of hydrogen-bond donors (Lipinski definition) is 2. The molecule has 0 atom stereocenters. The van der Waals surface area contributed by atoms with E-state index in [0.29, 0.717) is 12.4 Å². The fourth-order valence-corrected chi connectivity index (χ4v) is 2.42. The van der Waals surface area contributed by atoms with E-state index in [1.807, 2.05) is 11.9 Å². The van der Waals surface area contributed by atoms with Crippen LogP contribution < -0.4 is 5.32 Å². The molecule has 4 heteroatoms. The molecule has 1 amide bonds. The molecule has 0 spiro atoms. The molecular weight excluding hydrogens is 280 g/mol. The lowest BCUT2D eigenvalue weighted by Gasteiger charge is -2.12. The normalized spacial score (nSPS) is 11.3. The quantitative estimate of drug-likeness (QED) is 0.287. The zero-order valence-electron chi connectivity index (χ0n) is 14.4. The van der Waals surface area contributed by atoms with Crippen molar-refractivity contribution >= 4 is 18.5 Å². The highest BCUT2D eigenvalue weighted by atomic mass is 32.1. The number of thiol groups is 1. The van der Waals surface area contributed by atoms with Crippen molar-refractivity contribution in [1.29, 1.82) is 0 Å². The summed E-state index contributed by atoms with van der Waals surface area (Å²) in [7, 11) is 1.90. The Morgan fingerprint density at radius 3 is 2.05 bits per heavy atom. The molecule has 0 rings (SSSR count). The van der Waals surface area contributed by atoms with E-state index in [4.69, 9.17) is 0 Å². The molecule has 21 heavy (non-hydrogen) atoms. The standard InChI is InChI=1S/C17H36N2OS/c1-16(2)12-10-8-6-4-5-7-9-11-13-18-17(20)14-19(3)15-21/h16,21H,4-15H2,1-3H3,(H,18,20). The van der Waals surface area contributed by atoms with Crippen LogP contribution in [0.25, 0.3) is 0 Å². The SMILES string of the molecule is CC(C)CCCCCCCCCCNC(=O)CN(C)CS. The molecule has 0 saturated carbocycles.